The number of rotatable bonds is 2. The number of aryl methyl sites for hydroxylation is 1. The van der Waals surface area contributed by atoms with Gasteiger partial charge in [0.1, 0.15) is 0 Å². The van der Waals surface area contributed by atoms with Gasteiger partial charge in [-0.05, 0) is 42.5 Å². The highest BCUT2D eigenvalue weighted by molar-refractivity contribution is 6.31. The van der Waals surface area contributed by atoms with Crippen molar-refractivity contribution in [3.63, 3.8) is 0 Å². The van der Waals surface area contributed by atoms with Gasteiger partial charge in [-0.2, -0.15) is 5.26 Å². The maximum atomic E-state index is 9.99. The Bertz CT molecular complexity index is 684. The molecular formula is C16H15ClN2O. The summed E-state index contributed by atoms with van der Waals surface area (Å²) < 4.78 is 2.06. The Morgan fingerprint density at radius 1 is 1.40 bits per heavy atom. The third-order valence-corrected chi connectivity index (χ3v) is 4.17. The van der Waals surface area contributed by atoms with Gasteiger partial charge in [0.2, 0.25) is 0 Å². The lowest BCUT2D eigenvalue weighted by molar-refractivity contribution is 0.157. The Balaban J connectivity index is 1.87. The van der Waals surface area contributed by atoms with E-state index in [1.54, 1.807) is 12.1 Å². The van der Waals surface area contributed by atoms with Gasteiger partial charge in [0, 0.05) is 29.5 Å². The highest BCUT2D eigenvalue weighted by atomic mass is 35.5. The predicted molar refractivity (Wildman–Crippen MR) is 77.6 cm³/mol. The van der Waals surface area contributed by atoms with E-state index in [1.807, 2.05) is 12.3 Å². The molecule has 1 aliphatic carbocycles. The number of hydrogen-bond donors (Lipinski definition) is 1. The molecular weight excluding hydrogens is 272 g/mol. The lowest BCUT2D eigenvalue weighted by atomic mass is 9.93. The van der Waals surface area contributed by atoms with Gasteiger partial charge in [0.15, 0.2) is 0 Å². The maximum absolute atomic E-state index is 9.99. The molecule has 1 heterocycles. The van der Waals surface area contributed by atoms with E-state index in [0.717, 1.165) is 30.4 Å². The van der Waals surface area contributed by atoms with Crippen molar-refractivity contribution in [1.29, 1.82) is 5.26 Å². The summed E-state index contributed by atoms with van der Waals surface area (Å²) in [6.07, 6.45) is 6.67. The maximum Gasteiger partial charge on any atom is 0.0992 e. The summed E-state index contributed by atoms with van der Waals surface area (Å²) in [5.41, 5.74) is 3.82. The molecule has 4 heteroatoms. The fraction of sp³-hybridized carbons (Fsp3) is 0.312. The molecule has 20 heavy (non-hydrogen) atoms. The van der Waals surface area contributed by atoms with Crippen molar-refractivity contribution in [3.8, 4) is 6.07 Å². The smallest absolute Gasteiger partial charge is 0.0992 e. The molecule has 1 aromatic carbocycles. The summed E-state index contributed by atoms with van der Waals surface area (Å²) in [5, 5.41) is 19.4. The van der Waals surface area contributed by atoms with Crippen LogP contribution in [0.25, 0.3) is 0 Å². The average molecular weight is 287 g/mol. The van der Waals surface area contributed by atoms with Crippen LogP contribution >= 0.6 is 11.6 Å². The number of nitriles is 1. The minimum absolute atomic E-state index is 0.337. The van der Waals surface area contributed by atoms with Crippen LogP contribution in [0.1, 0.15) is 41.2 Å². The van der Waals surface area contributed by atoms with Crippen LogP contribution in [-0.4, -0.2) is 9.67 Å². The van der Waals surface area contributed by atoms with Crippen molar-refractivity contribution < 1.29 is 5.11 Å². The van der Waals surface area contributed by atoms with Gasteiger partial charge in [-0.25, -0.2) is 0 Å². The van der Waals surface area contributed by atoms with Crippen LogP contribution in [0, 0.1) is 11.3 Å². The topological polar surface area (TPSA) is 49.0 Å². The molecule has 1 aliphatic rings. The number of nitrogens with zero attached hydrogens (tertiary/aromatic N) is 2. The van der Waals surface area contributed by atoms with Crippen LogP contribution in [0.15, 0.2) is 30.6 Å². The van der Waals surface area contributed by atoms with Crippen molar-refractivity contribution in [2.24, 2.45) is 0 Å². The monoisotopic (exact) mass is 286 g/mol. The van der Waals surface area contributed by atoms with E-state index in [-0.39, 0.29) is 6.10 Å². The van der Waals surface area contributed by atoms with Crippen molar-refractivity contribution in [2.45, 2.75) is 31.9 Å². The van der Waals surface area contributed by atoms with Crippen molar-refractivity contribution >= 4 is 11.6 Å². The Kier molecular flexibility index (Phi) is 3.52. The molecule has 1 unspecified atom stereocenters. The Morgan fingerprint density at radius 2 is 2.25 bits per heavy atom. The molecule has 3 nitrogen and oxygen atoms in total. The van der Waals surface area contributed by atoms with Gasteiger partial charge < -0.3 is 9.67 Å². The van der Waals surface area contributed by atoms with Gasteiger partial charge in [-0.15, -0.1) is 0 Å². The first-order valence-corrected chi connectivity index (χ1v) is 7.10. The predicted octanol–water partition coefficient (Wildman–Crippen LogP) is 3.43. The molecule has 1 aromatic heterocycles. The summed E-state index contributed by atoms with van der Waals surface area (Å²) in [5.74, 6) is 0. The van der Waals surface area contributed by atoms with E-state index in [1.165, 1.54) is 5.56 Å². The summed E-state index contributed by atoms with van der Waals surface area (Å²) in [6.45, 7) is 0.657. The normalized spacial score (nSPS) is 17.6. The number of aromatic nitrogens is 1. The molecule has 0 saturated heterocycles. The molecule has 1 N–H and O–H groups in total. The van der Waals surface area contributed by atoms with E-state index in [2.05, 4.69) is 16.8 Å². The fourth-order valence-corrected chi connectivity index (χ4v) is 3.00. The van der Waals surface area contributed by atoms with E-state index in [4.69, 9.17) is 16.9 Å². The zero-order chi connectivity index (χ0) is 14.1. The van der Waals surface area contributed by atoms with Crippen LogP contribution in [0.3, 0.4) is 0 Å². The average Bonchev–Trinajstić information content (AvgIpc) is 2.85. The Labute approximate surface area is 123 Å². The van der Waals surface area contributed by atoms with Crippen molar-refractivity contribution in [3.05, 3.63) is 57.9 Å². The van der Waals surface area contributed by atoms with Crippen LogP contribution in [0.4, 0.5) is 0 Å². The van der Waals surface area contributed by atoms with Crippen molar-refractivity contribution in [2.75, 3.05) is 0 Å². The summed E-state index contributed by atoms with van der Waals surface area (Å²) in [7, 11) is 0. The molecule has 0 saturated carbocycles. The second-order valence-corrected chi connectivity index (χ2v) is 5.64. The minimum atomic E-state index is -0.337. The standard InChI is InChI=1S/C16H15ClN2O/c17-15-6-11(7-18)4-5-13(15)9-19-8-12-2-1-3-16(20)14(12)10-19/h4-6,8,10,16,20H,1-3,9H2. The summed E-state index contributed by atoms with van der Waals surface area (Å²) in [6, 6.07) is 7.43. The fourth-order valence-electron chi connectivity index (χ4n) is 2.76. The largest absolute Gasteiger partial charge is 0.388 e. The molecule has 2 aromatic rings. The quantitative estimate of drug-likeness (QED) is 0.919. The molecule has 0 aliphatic heterocycles. The van der Waals surface area contributed by atoms with Gasteiger partial charge in [-0.1, -0.05) is 17.7 Å². The number of hydrogen-bond acceptors (Lipinski definition) is 2. The zero-order valence-electron chi connectivity index (χ0n) is 11.0. The van der Waals surface area contributed by atoms with Crippen LogP contribution in [-0.2, 0) is 13.0 Å². The first-order valence-electron chi connectivity index (χ1n) is 6.72. The van der Waals surface area contributed by atoms with E-state index in [9.17, 15) is 5.11 Å². The van der Waals surface area contributed by atoms with Crippen LogP contribution in [0.2, 0.25) is 5.02 Å². The second kappa shape index (κ2) is 5.32. The molecule has 3 rings (SSSR count). The number of benzene rings is 1. The highest BCUT2D eigenvalue weighted by Crippen LogP contribution is 2.30. The first kappa shape index (κ1) is 13.2. The second-order valence-electron chi connectivity index (χ2n) is 5.24. The molecule has 0 radical (unpaired) electrons. The molecule has 102 valence electrons. The molecule has 0 fully saturated rings. The number of aliphatic hydroxyl groups excluding tert-OH is 1. The van der Waals surface area contributed by atoms with Gasteiger partial charge >= 0.3 is 0 Å². The molecule has 0 bridgehead atoms. The zero-order valence-corrected chi connectivity index (χ0v) is 11.8. The third kappa shape index (κ3) is 2.45. The SMILES string of the molecule is N#Cc1ccc(Cn2cc3c(c2)C(O)CCC3)c(Cl)c1. The van der Waals surface area contributed by atoms with E-state index in [0.29, 0.717) is 17.1 Å². The van der Waals surface area contributed by atoms with Crippen LogP contribution < -0.4 is 0 Å². The van der Waals surface area contributed by atoms with Gasteiger partial charge in [-0.3, -0.25) is 0 Å². The van der Waals surface area contributed by atoms with Crippen LogP contribution in [0.5, 0.6) is 0 Å². The number of fused-ring (bicyclic) bond motifs is 1. The molecule has 0 amide bonds. The summed E-state index contributed by atoms with van der Waals surface area (Å²) in [4.78, 5) is 0. The highest BCUT2D eigenvalue weighted by Gasteiger charge is 2.19. The van der Waals surface area contributed by atoms with Gasteiger partial charge in [0.25, 0.3) is 0 Å². The number of halogens is 1. The lowest BCUT2D eigenvalue weighted by Gasteiger charge is -2.16. The van der Waals surface area contributed by atoms with Crippen molar-refractivity contribution in [1.82, 2.24) is 4.57 Å². The van der Waals surface area contributed by atoms with E-state index < -0.39 is 0 Å². The number of aliphatic hydroxyl groups is 1. The van der Waals surface area contributed by atoms with Gasteiger partial charge in [0.05, 0.1) is 17.7 Å². The Morgan fingerprint density at radius 3 is 2.95 bits per heavy atom. The lowest BCUT2D eigenvalue weighted by Crippen LogP contribution is -2.05. The minimum Gasteiger partial charge on any atom is -0.388 e. The third-order valence-electron chi connectivity index (χ3n) is 3.82. The molecule has 1 atom stereocenters. The van der Waals surface area contributed by atoms with E-state index >= 15 is 0 Å². The first-order chi connectivity index (χ1) is 9.67. The summed E-state index contributed by atoms with van der Waals surface area (Å²) >= 11 is 6.20. The Hall–Kier alpha value is -1.76. The molecule has 0 spiro atoms.